The highest BCUT2D eigenvalue weighted by Gasteiger charge is 2.24. The number of morpholine rings is 1. The number of hydrogen-bond acceptors (Lipinski definition) is 5. The summed E-state index contributed by atoms with van der Waals surface area (Å²) in [5, 5.41) is 3.00. The van der Waals surface area contributed by atoms with Crippen LogP contribution in [0, 0.1) is 6.92 Å². The minimum Gasteiger partial charge on any atom is -0.378 e. The Hall–Kier alpha value is -3.65. The van der Waals surface area contributed by atoms with E-state index in [1.54, 1.807) is 25.9 Å². The summed E-state index contributed by atoms with van der Waals surface area (Å²) in [5.41, 5.74) is 4.96. The van der Waals surface area contributed by atoms with E-state index in [9.17, 15) is 4.79 Å². The van der Waals surface area contributed by atoms with Gasteiger partial charge in [-0.05, 0) is 68.7 Å². The summed E-state index contributed by atoms with van der Waals surface area (Å²) in [4.78, 5) is 25.7. The summed E-state index contributed by atoms with van der Waals surface area (Å²) < 4.78 is 7.48. The lowest BCUT2D eigenvalue weighted by atomic mass is 9.96. The highest BCUT2D eigenvalue weighted by atomic mass is 16.5. The van der Waals surface area contributed by atoms with E-state index >= 15 is 0 Å². The molecule has 1 fully saturated rings. The molecule has 4 rings (SSSR count). The highest BCUT2D eigenvalue weighted by molar-refractivity contribution is 6.03. The highest BCUT2D eigenvalue weighted by Crippen LogP contribution is 2.32. The second-order valence-corrected chi connectivity index (χ2v) is 9.76. The maximum Gasteiger partial charge on any atom is 0.275 e. The Morgan fingerprint density at radius 1 is 1.23 bits per heavy atom. The van der Waals surface area contributed by atoms with Crippen LogP contribution in [-0.4, -0.2) is 64.9 Å². The van der Waals surface area contributed by atoms with Gasteiger partial charge in [0, 0.05) is 43.3 Å². The standard InChI is InChI=1S/C27H34N6O2/c1-19-7-8-22(30-26(34)24-16-32(18-29-24)27(3,4)5)15-23(19)21-13-20(2)33(17-28-6)25(14-21)31-9-11-35-12-10-31/h7-8,13-18H,2,9-12H2,1,3-6H3,(H,30,34)/b28-17-. The van der Waals surface area contributed by atoms with Crippen molar-refractivity contribution in [2.45, 2.75) is 33.2 Å². The fourth-order valence-corrected chi connectivity index (χ4v) is 4.10. The zero-order valence-electron chi connectivity index (χ0n) is 21.2. The maximum atomic E-state index is 12.9. The van der Waals surface area contributed by atoms with Crippen LogP contribution in [0.2, 0.25) is 0 Å². The third-order valence-corrected chi connectivity index (χ3v) is 6.13. The summed E-state index contributed by atoms with van der Waals surface area (Å²) in [5.74, 6) is 0.780. The predicted molar refractivity (Wildman–Crippen MR) is 140 cm³/mol. The Bertz CT molecular complexity index is 1210. The van der Waals surface area contributed by atoms with E-state index in [1.807, 2.05) is 33.7 Å². The zero-order chi connectivity index (χ0) is 25.2. The number of carbonyl (C=O) groups is 1. The number of aryl methyl sites for hydroxylation is 1. The topological polar surface area (TPSA) is 75.0 Å². The number of aliphatic imine (C=N–C) groups is 1. The summed E-state index contributed by atoms with van der Waals surface area (Å²) in [6, 6.07) is 5.94. The van der Waals surface area contributed by atoms with Crippen LogP contribution in [0.15, 0.2) is 66.0 Å². The van der Waals surface area contributed by atoms with Gasteiger partial charge in [-0.15, -0.1) is 0 Å². The van der Waals surface area contributed by atoms with Gasteiger partial charge in [0.1, 0.15) is 11.5 Å². The molecule has 0 saturated carbocycles. The Morgan fingerprint density at radius 3 is 2.63 bits per heavy atom. The molecule has 3 heterocycles. The molecule has 0 aliphatic carbocycles. The average Bonchev–Trinajstić information content (AvgIpc) is 3.33. The number of hydrogen-bond donors (Lipinski definition) is 1. The van der Waals surface area contributed by atoms with Gasteiger partial charge < -0.3 is 19.5 Å². The minimum absolute atomic E-state index is 0.140. The van der Waals surface area contributed by atoms with Crippen LogP contribution in [0.3, 0.4) is 0 Å². The summed E-state index contributed by atoms with van der Waals surface area (Å²) in [6.07, 6.45) is 9.46. The molecule has 1 saturated heterocycles. The molecule has 1 aromatic carbocycles. The number of rotatable bonds is 5. The van der Waals surface area contributed by atoms with Crippen molar-refractivity contribution in [1.82, 2.24) is 19.4 Å². The van der Waals surface area contributed by atoms with Gasteiger partial charge in [0.15, 0.2) is 0 Å². The SMILES string of the molecule is C=C1C=C(c2cc(NC(=O)c3cn(C(C)(C)C)cn3)ccc2C)C=C(N2CCOCC2)N1/C=N\C. The third-order valence-electron chi connectivity index (χ3n) is 6.13. The van der Waals surface area contributed by atoms with Gasteiger partial charge in [-0.25, -0.2) is 4.98 Å². The lowest BCUT2D eigenvalue weighted by molar-refractivity contribution is 0.0459. The summed E-state index contributed by atoms with van der Waals surface area (Å²) in [6.45, 7) is 15.5. The number of allylic oxidation sites excluding steroid dienone is 3. The van der Waals surface area contributed by atoms with Crippen molar-refractivity contribution in [2.75, 3.05) is 38.7 Å². The summed E-state index contributed by atoms with van der Waals surface area (Å²) >= 11 is 0. The van der Waals surface area contributed by atoms with Gasteiger partial charge in [0.25, 0.3) is 5.91 Å². The van der Waals surface area contributed by atoms with E-state index in [0.29, 0.717) is 24.6 Å². The first-order chi connectivity index (χ1) is 16.7. The first-order valence-corrected chi connectivity index (χ1v) is 11.8. The Morgan fingerprint density at radius 2 is 1.97 bits per heavy atom. The van der Waals surface area contributed by atoms with Gasteiger partial charge in [-0.2, -0.15) is 0 Å². The molecule has 2 aromatic rings. The number of amides is 1. The number of imidazole rings is 1. The lowest BCUT2D eigenvalue weighted by Gasteiger charge is -2.38. The lowest BCUT2D eigenvalue weighted by Crippen LogP contribution is -2.42. The molecule has 8 heteroatoms. The van der Waals surface area contributed by atoms with Crippen molar-refractivity contribution in [3.05, 3.63) is 77.8 Å². The second kappa shape index (κ2) is 9.92. The maximum absolute atomic E-state index is 12.9. The van der Waals surface area contributed by atoms with E-state index in [4.69, 9.17) is 4.74 Å². The van der Waals surface area contributed by atoms with Gasteiger partial charge in [-0.3, -0.25) is 14.7 Å². The number of nitrogens with one attached hydrogen (secondary N) is 1. The van der Waals surface area contributed by atoms with Gasteiger partial charge >= 0.3 is 0 Å². The fourth-order valence-electron chi connectivity index (χ4n) is 4.10. The van der Waals surface area contributed by atoms with E-state index in [0.717, 1.165) is 41.3 Å². The molecule has 1 amide bonds. The van der Waals surface area contributed by atoms with Gasteiger partial charge in [0.05, 0.1) is 25.9 Å². The molecule has 0 radical (unpaired) electrons. The molecule has 184 valence electrons. The van der Waals surface area contributed by atoms with E-state index < -0.39 is 0 Å². The predicted octanol–water partition coefficient (Wildman–Crippen LogP) is 4.24. The van der Waals surface area contributed by atoms with Crippen molar-refractivity contribution < 1.29 is 9.53 Å². The van der Waals surface area contributed by atoms with E-state index in [2.05, 4.69) is 60.5 Å². The molecule has 2 aliphatic rings. The molecular formula is C27H34N6O2. The number of ether oxygens (including phenoxy) is 1. The Kier molecular flexibility index (Phi) is 6.93. The van der Waals surface area contributed by atoms with E-state index in [-0.39, 0.29) is 11.4 Å². The second-order valence-electron chi connectivity index (χ2n) is 9.76. The molecule has 1 N–H and O–H groups in total. The van der Waals surface area contributed by atoms with Crippen LogP contribution in [0.25, 0.3) is 5.57 Å². The van der Waals surface area contributed by atoms with Crippen LogP contribution in [0.5, 0.6) is 0 Å². The van der Waals surface area contributed by atoms with Crippen LogP contribution < -0.4 is 5.32 Å². The summed E-state index contributed by atoms with van der Waals surface area (Å²) in [7, 11) is 1.75. The first kappa shape index (κ1) is 24.5. The van der Waals surface area contributed by atoms with Gasteiger partial charge in [0.2, 0.25) is 0 Å². The van der Waals surface area contributed by atoms with Crippen molar-refractivity contribution in [2.24, 2.45) is 4.99 Å². The number of benzene rings is 1. The molecule has 0 atom stereocenters. The fraction of sp³-hybridized carbons (Fsp3) is 0.370. The van der Waals surface area contributed by atoms with Gasteiger partial charge in [-0.1, -0.05) is 12.6 Å². The Balaban J connectivity index is 1.62. The molecule has 1 aromatic heterocycles. The van der Waals surface area contributed by atoms with Crippen LogP contribution in [0.1, 0.15) is 42.4 Å². The number of carbonyl (C=O) groups excluding carboxylic acids is 1. The average molecular weight is 475 g/mol. The molecule has 0 unspecified atom stereocenters. The minimum atomic E-state index is -0.236. The van der Waals surface area contributed by atoms with E-state index in [1.165, 1.54) is 0 Å². The largest absolute Gasteiger partial charge is 0.378 e. The molecule has 0 bridgehead atoms. The van der Waals surface area contributed by atoms with Crippen LogP contribution in [-0.2, 0) is 10.3 Å². The number of aromatic nitrogens is 2. The monoisotopic (exact) mass is 474 g/mol. The van der Waals surface area contributed by atoms with Crippen molar-refractivity contribution in [1.29, 1.82) is 0 Å². The molecule has 35 heavy (non-hydrogen) atoms. The molecule has 0 spiro atoms. The normalized spacial score (nSPS) is 17.0. The quantitative estimate of drug-likeness (QED) is 0.518. The first-order valence-electron chi connectivity index (χ1n) is 11.8. The molecule has 2 aliphatic heterocycles. The number of nitrogens with zero attached hydrogens (tertiary/aromatic N) is 5. The van der Waals surface area contributed by atoms with Crippen LogP contribution in [0.4, 0.5) is 5.69 Å². The molecule has 8 nitrogen and oxygen atoms in total. The van der Waals surface area contributed by atoms with Crippen LogP contribution >= 0.6 is 0 Å². The van der Waals surface area contributed by atoms with Crippen molar-refractivity contribution >= 4 is 23.5 Å². The van der Waals surface area contributed by atoms with Crippen molar-refractivity contribution in [3.8, 4) is 0 Å². The molecular weight excluding hydrogens is 440 g/mol. The van der Waals surface area contributed by atoms with Crippen molar-refractivity contribution in [3.63, 3.8) is 0 Å². The Labute approximate surface area is 207 Å². The number of anilines is 1. The zero-order valence-corrected chi connectivity index (χ0v) is 21.2. The smallest absolute Gasteiger partial charge is 0.275 e. The third kappa shape index (κ3) is 5.38.